The largest absolute Gasteiger partial charge is 0.466 e. The van der Waals surface area contributed by atoms with Crippen molar-refractivity contribution in [1.29, 1.82) is 0 Å². The molecule has 0 spiro atoms. The first-order chi connectivity index (χ1) is 13.2. The van der Waals surface area contributed by atoms with Gasteiger partial charge in [-0.05, 0) is 50.9 Å². The fourth-order valence-corrected chi connectivity index (χ4v) is 3.15. The number of hydrogen-bond donors (Lipinski definition) is 1. The molecular formula is C24H46O3. The van der Waals surface area contributed by atoms with Gasteiger partial charge in [-0.2, -0.15) is 0 Å². The average molecular weight is 383 g/mol. The van der Waals surface area contributed by atoms with Crippen molar-refractivity contribution >= 4 is 5.97 Å². The molecule has 1 N–H and O–H groups in total. The van der Waals surface area contributed by atoms with Crippen molar-refractivity contribution in [2.75, 3.05) is 13.2 Å². The predicted octanol–water partition coefficient (Wildman–Crippen LogP) is 6.98. The number of hydrogen-bond acceptors (Lipinski definition) is 3. The normalized spacial score (nSPS) is 12.6. The number of rotatable bonds is 20. The van der Waals surface area contributed by atoms with E-state index in [1.54, 1.807) is 0 Å². The lowest BCUT2D eigenvalue weighted by Gasteiger charge is -2.09. The molecule has 0 aliphatic heterocycles. The van der Waals surface area contributed by atoms with Gasteiger partial charge in [-0.1, -0.05) is 77.4 Å². The van der Waals surface area contributed by atoms with E-state index in [1.165, 1.54) is 70.6 Å². The molecule has 1 unspecified atom stereocenters. The lowest BCUT2D eigenvalue weighted by Crippen LogP contribution is -2.09. The number of ether oxygens (including phenoxy) is 1. The molecule has 27 heavy (non-hydrogen) atoms. The molecule has 0 aliphatic carbocycles. The molecule has 0 saturated heterocycles. The van der Waals surface area contributed by atoms with Crippen LogP contribution in [0.2, 0.25) is 0 Å². The molecule has 0 bridgehead atoms. The average Bonchev–Trinajstić information content (AvgIpc) is 2.65. The number of aliphatic hydroxyl groups is 1. The zero-order valence-electron chi connectivity index (χ0n) is 18.2. The molecule has 0 fully saturated rings. The van der Waals surface area contributed by atoms with Crippen LogP contribution in [0.1, 0.15) is 117 Å². The quantitative estimate of drug-likeness (QED) is 0.140. The van der Waals surface area contributed by atoms with Crippen LogP contribution in [0, 0.1) is 5.92 Å². The molecule has 0 aromatic heterocycles. The van der Waals surface area contributed by atoms with Gasteiger partial charge in [0.05, 0.1) is 6.61 Å². The molecule has 1 atom stereocenters. The Morgan fingerprint density at radius 3 is 2.00 bits per heavy atom. The Kier molecular flexibility index (Phi) is 20.8. The predicted molar refractivity (Wildman–Crippen MR) is 116 cm³/mol. The molecule has 0 amide bonds. The van der Waals surface area contributed by atoms with Gasteiger partial charge in [-0.25, -0.2) is 0 Å². The lowest BCUT2D eigenvalue weighted by atomic mass is 10.1. The van der Waals surface area contributed by atoms with Crippen LogP contribution in [-0.2, 0) is 9.53 Å². The maximum Gasteiger partial charge on any atom is 0.305 e. The second-order valence-electron chi connectivity index (χ2n) is 7.96. The maximum absolute atomic E-state index is 11.6. The summed E-state index contributed by atoms with van der Waals surface area (Å²) in [5.41, 5.74) is 0. The SMILES string of the molecule is CCCCCCCCC=CCCCCCCCC(=O)OCCC(C)CCO. The maximum atomic E-state index is 11.6. The highest BCUT2D eigenvalue weighted by Gasteiger charge is 2.05. The van der Waals surface area contributed by atoms with Gasteiger partial charge in [-0.15, -0.1) is 0 Å². The Bertz CT molecular complexity index is 339. The molecular weight excluding hydrogens is 336 g/mol. The number of allylic oxidation sites excluding steroid dienone is 2. The Balaban J connectivity index is 3.25. The van der Waals surface area contributed by atoms with E-state index in [-0.39, 0.29) is 12.6 Å². The van der Waals surface area contributed by atoms with Crippen molar-refractivity contribution < 1.29 is 14.6 Å². The summed E-state index contributed by atoms with van der Waals surface area (Å²) in [5, 5.41) is 8.84. The third-order valence-corrected chi connectivity index (χ3v) is 5.14. The first-order valence-corrected chi connectivity index (χ1v) is 11.6. The summed E-state index contributed by atoms with van der Waals surface area (Å²) in [6.45, 7) is 5.05. The highest BCUT2D eigenvalue weighted by molar-refractivity contribution is 5.69. The van der Waals surface area contributed by atoms with Gasteiger partial charge in [0, 0.05) is 13.0 Å². The van der Waals surface area contributed by atoms with Crippen LogP contribution in [0.3, 0.4) is 0 Å². The Morgan fingerprint density at radius 2 is 1.41 bits per heavy atom. The number of carbonyl (C=O) groups excluding carboxylic acids is 1. The third kappa shape index (κ3) is 21.3. The van der Waals surface area contributed by atoms with E-state index in [0.29, 0.717) is 18.9 Å². The smallest absolute Gasteiger partial charge is 0.305 e. The second-order valence-corrected chi connectivity index (χ2v) is 7.96. The summed E-state index contributed by atoms with van der Waals surface area (Å²) in [7, 11) is 0. The number of aliphatic hydroxyl groups excluding tert-OH is 1. The molecule has 0 saturated carbocycles. The fraction of sp³-hybridized carbons (Fsp3) is 0.875. The van der Waals surface area contributed by atoms with E-state index >= 15 is 0 Å². The fourth-order valence-electron chi connectivity index (χ4n) is 3.15. The summed E-state index contributed by atoms with van der Waals surface area (Å²) in [4.78, 5) is 11.6. The molecule has 0 aliphatic rings. The highest BCUT2D eigenvalue weighted by atomic mass is 16.5. The summed E-state index contributed by atoms with van der Waals surface area (Å²) in [5.74, 6) is 0.353. The van der Waals surface area contributed by atoms with Crippen molar-refractivity contribution in [2.45, 2.75) is 117 Å². The topological polar surface area (TPSA) is 46.5 Å². The van der Waals surface area contributed by atoms with Crippen LogP contribution in [0.4, 0.5) is 0 Å². The zero-order valence-corrected chi connectivity index (χ0v) is 18.2. The first kappa shape index (κ1) is 26.2. The van der Waals surface area contributed by atoms with Gasteiger partial charge in [-0.3, -0.25) is 4.79 Å². The van der Waals surface area contributed by atoms with Gasteiger partial charge in [0.15, 0.2) is 0 Å². The van der Waals surface area contributed by atoms with E-state index in [1.807, 2.05) is 0 Å². The molecule has 160 valence electrons. The van der Waals surface area contributed by atoms with Crippen molar-refractivity contribution in [3.8, 4) is 0 Å². The molecule has 0 rings (SSSR count). The minimum Gasteiger partial charge on any atom is -0.466 e. The Morgan fingerprint density at radius 1 is 0.852 bits per heavy atom. The van der Waals surface area contributed by atoms with E-state index in [4.69, 9.17) is 9.84 Å². The van der Waals surface area contributed by atoms with Crippen molar-refractivity contribution in [3.63, 3.8) is 0 Å². The third-order valence-electron chi connectivity index (χ3n) is 5.14. The minimum atomic E-state index is -0.0659. The Hall–Kier alpha value is -0.830. The summed E-state index contributed by atoms with van der Waals surface area (Å²) in [6, 6.07) is 0. The summed E-state index contributed by atoms with van der Waals surface area (Å²) < 4.78 is 5.25. The van der Waals surface area contributed by atoms with Crippen LogP contribution in [0.25, 0.3) is 0 Å². The highest BCUT2D eigenvalue weighted by Crippen LogP contribution is 2.11. The summed E-state index contributed by atoms with van der Waals surface area (Å²) in [6.07, 6.45) is 23.4. The van der Waals surface area contributed by atoms with Crippen molar-refractivity contribution in [1.82, 2.24) is 0 Å². The number of carbonyl (C=O) groups is 1. The minimum absolute atomic E-state index is 0.0659. The molecule has 3 nitrogen and oxygen atoms in total. The van der Waals surface area contributed by atoms with Gasteiger partial charge in [0.25, 0.3) is 0 Å². The van der Waals surface area contributed by atoms with Crippen molar-refractivity contribution in [2.24, 2.45) is 5.92 Å². The van der Waals surface area contributed by atoms with Gasteiger partial charge in [0.2, 0.25) is 0 Å². The van der Waals surface area contributed by atoms with Gasteiger partial charge >= 0.3 is 5.97 Å². The van der Waals surface area contributed by atoms with E-state index in [0.717, 1.165) is 25.7 Å². The van der Waals surface area contributed by atoms with Crippen LogP contribution in [0.15, 0.2) is 12.2 Å². The van der Waals surface area contributed by atoms with Crippen LogP contribution in [-0.4, -0.2) is 24.3 Å². The lowest BCUT2D eigenvalue weighted by molar-refractivity contribution is -0.144. The molecule has 3 heteroatoms. The summed E-state index contributed by atoms with van der Waals surface area (Å²) >= 11 is 0. The monoisotopic (exact) mass is 382 g/mol. The van der Waals surface area contributed by atoms with Crippen LogP contribution < -0.4 is 0 Å². The van der Waals surface area contributed by atoms with E-state index in [9.17, 15) is 4.79 Å². The molecule has 0 aromatic rings. The van der Waals surface area contributed by atoms with Crippen LogP contribution in [0.5, 0.6) is 0 Å². The van der Waals surface area contributed by atoms with Gasteiger partial charge in [0.1, 0.15) is 0 Å². The van der Waals surface area contributed by atoms with Crippen LogP contribution >= 0.6 is 0 Å². The molecule has 0 aromatic carbocycles. The van der Waals surface area contributed by atoms with E-state index in [2.05, 4.69) is 26.0 Å². The first-order valence-electron chi connectivity index (χ1n) is 11.6. The second kappa shape index (κ2) is 21.5. The zero-order chi connectivity index (χ0) is 20.0. The number of unbranched alkanes of at least 4 members (excludes halogenated alkanes) is 11. The molecule has 0 heterocycles. The van der Waals surface area contributed by atoms with Gasteiger partial charge < -0.3 is 9.84 Å². The Labute approximate surface area is 169 Å². The number of esters is 1. The standard InChI is InChI=1S/C24H46O3/c1-3-4-5-6-7-8-9-10-11-12-13-14-15-16-17-18-24(26)27-22-20-23(2)19-21-25/h10-11,23,25H,3-9,12-22H2,1-2H3. The van der Waals surface area contributed by atoms with Crippen molar-refractivity contribution in [3.05, 3.63) is 12.2 Å². The molecule has 0 radical (unpaired) electrons. The van der Waals surface area contributed by atoms with E-state index < -0.39 is 0 Å².